The van der Waals surface area contributed by atoms with Crippen molar-refractivity contribution in [1.29, 1.82) is 0 Å². The Hall–Kier alpha value is -1.13. The minimum atomic E-state index is -0.585. The molecule has 0 amide bonds. The maximum Gasteiger partial charge on any atom is 0.183 e. The Labute approximate surface area is 92.8 Å². The van der Waals surface area contributed by atoms with Crippen LogP contribution in [0.3, 0.4) is 0 Å². The molecule has 1 atom stereocenters. The lowest BCUT2D eigenvalue weighted by Gasteiger charge is -2.06. The standard InChI is InChI=1S/C10H10FNO2.ClH/c11-7-3-1-2-6-9(13)8(12)4-5-14-10(6)7;/h1-3,8H,4-5,12H2;1H. The maximum atomic E-state index is 13.2. The first-order valence-corrected chi connectivity index (χ1v) is 4.41. The van der Waals surface area contributed by atoms with Crippen molar-refractivity contribution in [2.45, 2.75) is 12.5 Å². The molecule has 1 aromatic rings. The van der Waals surface area contributed by atoms with E-state index in [0.717, 1.165) is 0 Å². The van der Waals surface area contributed by atoms with Crippen LogP contribution in [0.1, 0.15) is 16.8 Å². The number of hydrogen-bond acceptors (Lipinski definition) is 3. The second kappa shape index (κ2) is 4.59. The number of carbonyl (C=O) groups is 1. The zero-order chi connectivity index (χ0) is 10.1. The number of ether oxygens (including phenoxy) is 1. The molecule has 0 fully saturated rings. The molecule has 0 aliphatic carbocycles. The van der Waals surface area contributed by atoms with E-state index < -0.39 is 11.9 Å². The lowest BCUT2D eigenvalue weighted by Crippen LogP contribution is -2.30. The molecule has 0 radical (unpaired) electrons. The number of benzene rings is 1. The van der Waals surface area contributed by atoms with E-state index in [9.17, 15) is 9.18 Å². The molecule has 0 aromatic heterocycles. The SMILES string of the molecule is Cl.NC1CCOc2c(F)cccc2C1=O. The van der Waals surface area contributed by atoms with Crippen molar-refractivity contribution in [2.24, 2.45) is 5.73 Å². The highest BCUT2D eigenvalue weighted by Gasteiger charge is 2.25. The molecular weight excluding hydrogens is 221 g/mol. The predicted octanol–water partition coefficient (Wildman–Crippen LogP) is 1.54. The van der Waals surface area contributed by atoms with Crippen LogP contribution in [0.25, 0.3) is 0 Å². The summed E-state index contributed by atoms with van der Waals surface area (Å²) in [5.74, 6) is -0.729. The van der Waals surface area contributed by atoms with Gasteiger partial charge in [-0.2, -0.15) is 0 Å². The Bertz CT molecular complexity index is 384. The van der Waals surface area contributed by atoms with Gasteiger partial charge >= 0.3 is 0 Å². The largest absolute Gasteiger partial charge is 0.490 e. The predicted molar refractivity (Wildman–Crippen MR) is 56.1 cm³/mol. The van der Waals surface area contributed by atoms with Gasteiger partial charge in [0.05, 0.1) is 18.2 Å². The highest BCUT2D eigenvalue weighted by Crippen LogP contribution is 2.26. The van der Waals surface area contributed by atoms with E-state index in [1.807, 2.05) is 0 Å². The van der Waals surface area contributed by atoms with Gasteiger partial charge in [-0.25, -0.2) is 4.39 Å². The number of carbonyl (C=O) groups excluding carboxylic acids is 1. The third-order valence-electron chi connectivity index (χ3n) is 2.24. The van der Waals surface area contributed by atoms with E-state index >= 15 is 0 Å². The Morgan fingerprint density at radius 1 is 1.47 bits per heavy atom. The zero-order valence-electron chi connectivity index (χ0n) is 7.90. The van der Waals surface area contributed by atoms with E-state index in [4.69, 9.17) is 10.5 Å². The van der Waals surface area contributed by atoms with E-state index in [1.54, 1.807) is 0 Å². The van der Waals surface area contributed by atoms with Gasteiger partial charge in [0, 0.05) is 6.42 Å². The summed E-state index contributed by atoms with van der Waals surface area (Å²) in [6, 6.07) is 3.69. The molecule has 1 unspecified atom stereocenters. The topological polar surface area (TPSA) is 52.3 Å². The van der Waals surface area contributed by atoms with Crippen LogP contribution in [0.2, 0.25) is 0 Å². The van der Waals surface area contributed by atoms with Crippen LogP contribution >= 0.6 is 12.4 Å². The molecule has 82 valence electrons. The number of para-hydroxylation sites is 1. The summed E-state index contributed by atoms with van der Waals surface area (Å²) in [6.45, 7) is 0.279. The van der Waals surface area contributed by atoms with Crippen LogP contribution in [0, 0.1) is 5.82 Å². The summed E-state index contributed by atoms with van der Waals surface area (Å²) in [7, 11) is 0. The third-order valence-corrected chi connectivity index (χ3v) is 2.24. The van der Waals surface area contributed by atoms with Gasteiger partial charge in [-0.15, -0.1) is 12.4 Å². The number of hydrogen-bond donors (Lipinski definition) is 1. The van der Waals surface area contributed by atoms with Gasteiger partial charge in [-0.05, 0) is 12.1 Å². The Morgan fingerprint density at radius 2 is 2.20 bits per heavy atom. The lowest BCUT2D eigenvalue weighted by atomic mass is 10.0. The molecule has 5 heteroatoms. The van der Waals surface area contributed by atoms with Crippen molar-refractivity contribution in [3.63, 3.8) is 0 Å². The highest BCUT2D eigenvalue weighted by atomic mass is 35.5. The Balaban J connectivity index is 0.00000112. The second-order valence-electron chi connectivity index (χ2n) is 3.22. The number of Topliss-reactive ketones (excluding diaryl/α,β-unsaturated/α-hetero) is 1. The van der Waals surface area contributed by atoms with Crippen LogP contribution in [-0.2, 0) is 0 Å². The van der Waals surface area contributed by atoms with Crippen LogP contribution in [0.15, 0.2) is 18.2 Å². The first kappa shape index (κ1) is 11.9. The fraction of sp³-hybridized carbons (Fsp3) is 0.300. The smallest absolute Gasteiger partial charge is 0.183 e. The van der Waals surface area contributed by atoms with Crippen molar-refractivity contribution in [3.8, 4) is 5.75 Å². The number of ketones is 1. The van der Waals surface area contributed by atoms with Crippen LogP contribution in [0.5, 0.6) is 5.75 Å². The summed E-state index contributed by atoms with van der Waals surface area (Å²) in [5, 5.41) is 0. The highest BCUT2D eigenvalue weighted by molar-refractivity contribution is 6.02. The summed E-state index contributed by atoms with van der Waals surface area (Å²) < 4.78 is 18.4. The third kappa shape index (κ3) is 2.11. The number of rotatable bonds is 0. The average molecular weight is 232 g/mol. The van der Waals surface area contributed by atoms with E-state index in [0.29, 0.717) is 6.42 Å². The van der Waals surface area contributed by atoms with E-state index in [1.165, 1.54) is 18.2 Å². The lowest BCUT2D eigenvalue weighted by molar-refractivity contribution is 0.0960. The summed E-state index contributed by atoms with van der Waals surface area (Å²) in [4.78, 5) is 11.6. The zero-order valence-corrected chi connectivity index (χ0v) is 8.72. The van der Waals surface area contributed by atoms with Gasteiger partial charge < -0.3 is 10.5 Å². The van der Waals surface area contributed by atoms with Crippen molar-refractivity contribution < 1.29 is 13.9 Å². The van der Waals surface area contributed by atoms with Gasteiger partial charge in [-0.3, -0.25) is 4.79 Å². The molecule has 2 N–H and O–H groups in total. The van der Waals surface area contributed by atoms with Crippen LogP contribution < -0.4 is 10.5 Å². The number of fused-ring (bicyclic) bond motifs is 1. The fourth-order valence-corrected chi connectivity index (χ4v) is 1.47. The van der Waals surface area contributed by atoms with E-state index in [-0.39, 0.29) is 36.1 Å². The van der Waals surface area contributed by atoms with E-state index in [2.05, 4.69) is 0 Å². The molecule has 1 heterocycles. The first-order valence-electron chi connectivity index (χ1n) is 4.41. The molecule has 1 aliphatic rings. The minimum Gasteiger partial charge on any atom is -0.490 e. The van der Waals surface area contributed by atoms with Crippen molar-refractivity contribution >= 4 is 18.2 Å². The van der Waals surface area contributed by atoms with Gasteiger partial charge in [0.2, 0.25) is 0 Å². The molecule has 0 saturated carbocycles. The number of nitrogens with two attached hydrogens (primary N) is 1. The van der Waals surface area contributed by atoms with Crippen molar-refractivity contribution in [2.75, 3.05) is 6.61 Å². The second-order valence-corrected chi connectivity index (χ2v) is 3.22. The number of halogens is 2. The molecule has 3 nitrogen and oxygen atoms in total. The monoisotopic (exact) mass is 231 g/mol. The average Bonchev–Trinajstić information content (AvgIpc) is 2.31. The Morgan fingerprint density at radius 3 is 2.93 bits per heavy atom. The minimum absolute atomic E-state index is 0. The molecular formula is C10H11ClFNO2. The maximum absolute atomic E-state index is 13.2. The fourth-order valence-electron chi connectivity index (χ4n) is 1.47. The molecule has 2 rings (SSSR count). The van der Waals surface area contributed by atoms with Crippen LogP contribution in [0.4, 0.5) is 4.39 Å². The summed E-state index contributed by atoms with van der Waals surface area (Å²) in [6.07, 6.45) is 0.424. The van der Waals surface area contributed by atoms with Crippen molar-refractivity contribution in [3.05, 3.63) is 29.6 Å². The molecule has 15 heavy (non-hydrogen) atoms. The molecule has 0 spiro atoms. The molecule has 1 aliphatic heterocycles. The summed E-state index contributed by atoms with van der Waals surface area (Å²) >= 11 is 0. The molecule has 0 bridgehead atoms. The quantitative estimate of drug-likeness (QED) is 0.737. The van der Waals surface area contributed by atoms with Gasteiger partial charge in [0.15, 0.2) is 17.3 Å². The first-order chi connectivity index (χ1) is 6.70. The van der Waals surface area contributed by atoms with Crippen LogP contribution in [-0.4, -0.2) is 18.4 Å². The van der Waals surface area contributed by atoms with Crippen molar-refractivity contribution in [1.82, 2.24) is 0 Å². The van der Waals surface area contributed by atoms with Gasteiger partial charge in [-0.1, -0.05) is 6.07 Å². The summed E-state index contributed by atoms with van der Waals surface area (Å²) in [5.41, 5.74) is 5.84. The van der Waals surface area contributed by atoms with Gasteiger partial charge in [0.25, 0.3) is 0 Å². The molecule has 0 saturated heterocycles. The van der Waals surface area contributed by atoms with Gasteiger partial charge in [0.1, 0.15) is 0 Å². The normalized spacial score (nSPS) is 19.6. The molecule has 1 aromatic carbocycles. The Kier molecular flexibility index (Phi) is 3.66.